The number of likely N-dealkylation sites (tertiary alicyclic amines) is 1. The molecule has 10 nitrogen and oxygen atoms in total. The van der Waals surface area contributed by atoms with Crippen molar-refractivity contribution < 1.29 is 29.0 Å². The van der Waals surface area contributed by atoms with Crippen LogP contribution in [0.1, 0.15) is 39.2 Å². The van der Waals surface area contributed by atoms with E-state index in [1.807, 2.05) is 51.1 Å². The summed E-state index contributed by atoms with van der Waals surface area (Å²) in [4.78, 5) is 45.8. The van der Waals surface area contributed by atoms with Crippen LogP contribution in [0.5, 0.6) is 0 Å². The maximum atomic E-state index is 14.4. The second-order valence-corrected chi connectivity index (χ2v) is 12.0. The van der Waals surface area contributed by atoms with Crippen molar-refractivity contribution in [3.05, 3.63) is 35.9 Å². The van der Waals surface area contributed by atoms with Crippen molar-refractivity contribution in [2.75, 3.05) is 52.5 Å². The lowest BCUT2D eigenvalue weighted by Crippen LogP contribution is -2.59. The summed E-state index contributed by atoms with van der Waals surface area (Å²) in [6.07, 6.45) is 1.67. The first-order valence-electron chi connectivity index (χ1n) is 14.8. The molecule has 1 aromatic carbocycles. The molecule has 4 aliphatic rings. The fourth-order valence-corrected chi connectivity index (χ4v) is 7.52. The van der Waals surface area contributed by atoms with Gasteiger partial charge in [-0.3, -0.25) is 19.3 Å². The van der Waals surface area contributed by atoms with Gasteiger partial charge in [-0.05, 0) is 37.7 Å². The highest BCUT2D eigenvalue weighted by atomic mass is 16.5. The first-order valence-corrected chi connectivity index (χ1v) is 14.8. The number of aliphatic hydroxyl groups is 1. The minimum absolute atomic E-state index is 0.0285. The predicted octanol–water partition coefficient (Wildman–Crippen LogP) is 0.575. The van der Waals surface area contributed by atoms with Crippen LogP contribution in [-0.2, 0) is 30.3 Å². The Labute approximate surface area is 236 Å². The summed E-state index contributed by atoms with van der Waals surface area (Å²) in [7, 11) is 0. The van der Waals surface area contributed by atoms with Crippen molar-refractivity contribution in [3.8, 4) is 0 Å². The van der Waals surface area contributed by atoms with Crippen molar-refractivity contribution >= 4 is 17.7 Å². The molecule has 4 aliphatic heterocycles. The van der Waals surface area contributed by atoms with E-state index in [2.05, 4.69) is 15.5 Å². The van der Waals surface area contributed by atoms with Crippen molar-refractivity contribution in [1.29, 1.82) is 0 Å². The lowest BCUT2D eigenvalue weighted by molar-refractivity contribution is -0.150. The van der Waals surface area contributed by atoms with Crippen molar-refractivity contribution in [2.24, 2.45) is 17.8 Å². The fourth-order valence-electron chi connectivity index (χ4n) is 7.52. The lowest BCUT2D eigenvalue weighted by atomic mass is 9.62. The SMILES string of the molecule is CCCNC(=O)[C@H]1[C@H]2C(=O)N([C@@H](CO)Cc3ccccc3)C(C(=O)NCCN3CCOCC3)C23CC(C)[C@]1(C)O3. The van der Waals surface area contributed by atoms with E-state index < -0.39 is 35.1 Å². The Kier molecular flexibility index (Phi) is 8.52. The van der Waals surface area contributed by atoms with Crippen LogP contribution in [0.3, 0.4) is 0 Å². The molecule has 10 heteroatoms. The lowest BCUT2D eigenvalue weighted by Gasteiger charge is -2.37. The molecule has 0 saturated carbocycles. The Bertz CT molecular complexity index is 1080. The minimum atomic E-state index is -1.13. The number of hydrogen-bond acceptors (Lipinski definition) is 7. The number of amides is 3. The zero-order chi connectivity index (χ0) is 28.5. The Hall–Kier alpha value is -2.53. The van der Waals surface area contributed by atoms with Crippen molar-refractivity contribution in [3.63, 3.8) is 0 Å². The standard InChI is InChI=1S/C30H44N4O6/c1-4-10-31-26(36)23-24-28(38)34(22(19-35)17-21-8-6-5-7-9-21)25(30(24)18-20(2)29(23,3)40-30)27(37)32-11-12-33-13-15-39-16-14-33/h5-9,20,22-25,35H,4,10-19H2,1-3H3,(H,31,36)(H,32,37)/t20?,22-,23-,24+,25?,29+,30?/m1/s1. The molecule has 220 valence electrons. The summed E-state index contributed by atoms with van der Waals surface area (Å²) in [6.45, 7) is 10.2. The fraction of sp³-hybridized carbons (Fsp3) is 0.700. The molecule has 5 rings (SSSR count). The van der Waals surface area contributed by atoms with E-state index in [-0.39, 0.29) is 30.2 Å². The van der Waals surface area contributed by atoms with Crippen LogP contribution in [0.4, 0.5) is 0 Å². The molecule has 3 N–H and O–H groups in total. The van der Waals surface area contributed by atoms with Crippen molar-refractivity contribution in [2.45, 2.75) is 63.3 Å². The first kappa shape index (κ1) is 29.0. The third kappa shape index (κ3) is 4.93. The van der Waals surface area contributed by atoms with Gasteiger partial charge in [-0.25, -0.2) is 0 Å². The molecule has 3 amide bonds. The van der Waals surface area contributed by atoms with Gasteiger partial charge >= 0.3 is 0 Å². The molecule has 4 fully saturated rings. The van der Waals surface area contributed by atoms with Gasteiger partial charge in [-0.15, -0.1) is 0 Å². The normalized spacial score (nSPS) is 34.1. The summed E-state index contributed by atoms with van der Waals surface area (Å²) in [5.41, 5.74) is -1.03. The number of carbonyl (C=O) groups is 3. The smallest absolute Gasteiger partial charge is 0.245 e. The number of benzene rings is 1. The van der Waals surface area contributed by atoms with Gasteiger partial charge in [0.2, 0.25) is 17.7 Å². The summed E-state index contributed by atoms with van der Waals surface area (Å²) >= 11 is 0. The third-order valence-electron chi connectivity index (χ3n) is 9.58. The third-order valence-corrected chi connectivity index (χ3v) is 9.58. The molecule has 4 heterocycles. The molecule has 0 aliphatic carbocycles. The number of morpholine rings is 1. The maximum Gasteiger partial charge on any atom is 0.245 e. The molecular weight excluding hydrogens is 512 g/mol. The second-order valence-electron chi connectivity index (χ2n) is 12.0. The largest absolute Gasteiger partial charge is 0.394 e. The maximum absolute atomic E-state index is 14.4. The van der Waals surface area contributed by atoms with Crippen LogP contribution in [0.15, 0.2) is 30.3 Å². The van der Waals surface area contributed by atoms with Gasteiger partial charge in [0.1, 0.15) is 11.6 Å². The van der Waals surface area contributed by atoms with E-state index in [9.17, 15) is 19.5 Å². The Balaban J connectivity index is 1.47. The highest BCUT2D eigenvalue weighted by molar-refractivity contribution is 5.99. The molecule has 1 spiro atoms. The van der Waals surface area contributed by atoms with E-state index in [1.165, 1.54) is 0 Å². The summed E-state index contributed by atoms with van der Waals surface area (Å²) in [5.74, 6) is -2.30. The molecule has 7 atom stereocenters. The average molecular weight is 557 g/mol. The Morgan fingerprint density at radius 2 is 1.82 bits per heavy atom. The number of fused-ring (bicyclic) bond motifs is 1. The Morgan fingerprint density at radius 1 is 1.12 bits per heavy atom. The summed E-state index contributed by atoms with van der Waals surface area (Å²) in [6, 6.07) is 8.08. The molecule has 1 aromatic rings. The van der Waals surface area contributed by atoms with Gasteiger partial charge < -0.3 is 30.1 Å². The van der Waals surface area contributed by atoms with Gasteiger partial charge in [-0.1, -0.05) is 44.2 Å². The molecule has 2 bridgehead atoms. The van der Waals surface area contributed by atoms with Gasteiger partial charge in [0.25, 0.3) is 0 Å². The van der Waals surface area contributed by atoms with Crippen LogP contribution in [-0.4, -0.2) is 108 Å². The summed E-state index contributed by atoms with van der Waals surface area (Å²) < 4.78 is 12.2. The zero-order valence-corrected chi connectivity index (χ0v) is 23.9. The van der Waals surface area contributed by atoms with E-state index in [0.29, 0.717) is 45.7 Å². The Morgan fingerprint density at radius 3 is 2.50 bits per heavy atom. The second kappa shape index (κ2) is 11.8. The van der Waals surface area contributed by atoms with Crippen LogP contribution in [0.25, 0.3) is 0 Å². The molecular formula is C30H44N4O6. The number of ether oxygens (including phenoxy) is 2. The number of nitrogens with one attached hydrogen (secondary N) is 2. The van der Waals surface area contributed by atoms with Crippen molar-refractivity contribution in [1.82, 2.24) is 20.4 Å². The van der Waals surface area contributed by atoms with Gasteiger partial charge in [0.05, 0.1) is 43.3 Å². The number of carbonyl (C=O) groups excluding carboxylic acids is 3. The molecule has 0 aromatic heterocycles. The number of aliphatic hydroxyl groups excluding tert-OH is 1. The minimum Gasteiger partial charge on any atom is -0.394 e. The highest BCUT2D eigenvalue weighted by Crippen LogP contribution is 2.65. The van der Waals surface area contributed by atoms with Crippen LogP contribution >= 0.6 is 0 Å². The van der Waals surface area contributed by atoms with Crippen LogP contribution < -0.4 is 10.6 Å². The number of hydrogen-bond donors (Lipinski definition) is 3. The van der Waals surface area contributed by atoms with Gasteiger partial charge in [0, 0.05) is 32.7 Å². The molecule has 0 radical (unpaired) electrons. The van der Waals surface area contributed by atoms with Gasteiger partial charge in [-0.2, -0.15) is 0 Å². The highest BCUT2D eigenvalue weighted by Gasteiger charge is 2.80. The average Bonchev–Trinajstić information content (AvgIpc) is 3.48. The van der Waals surface area contributed by atoms with Crippen LogP contribution in [0, 0.1) is 17.8 Å². The van der Waals surface area contributed by atoms with Crippen LogP contribution in [0.2, 0.25) is 0 Å². The monoisotopic (exact) mass is 556 g/mol. The predicted molar refractivity (Wildman–Crippen MR) is 148 cm³/mol. The zero-order valence-electron chi connectivity index (χ0n) is 23.9. The molecule has 3 unspecified atom stereocenters. The molecule has 4 saturated heterocycles. The van der Waals surface area contributed by atoms with E-state index >= 15 is 0 Å². The quantitative estimate of drug-likeness (QED) is 0.365. The summed E-state index contributed by atoms with van der Waals surface area (Å²) in [5, 5.41) is 16.6. The topological polar surface area (TPSA) is 120 Å². The van der Waals surface area contributed by atoms with E-state index in [0.717, 1.165) is 25.1 Å². The molecule has 40 heavy (non-hydrogen) atoms. The number of rotatable bonds is 11. The first-order chi connectivity index (χ1) is 19.3. The van der Waals surface area contributed by atoms with Gasteiger partial charge in [0.15, 0.2) is 0 Å². The van der Waals surface area contributed by atoms with E-state index in [4.69, 9.17) is 9.47 Å². The number of nitrogens with zero attached hydrogens (tertiary/aromatic N) is 2. The van der Waals surface area contributed by atoms with E-state index in [1.54, 1.807) is 4.90 Å².